The Labute approximate surface area is 273 Å². The van der Waals surface area contributed by atoms with Gasteiger partial charge in [-0.15, -0.1) is 0 Å². The van der Waals surface area contributed by atoms with Crippen LogP contribution in [0, 0.1) is 11.8 Å². The van der Waals surface area contributed by atoms with E-state index >= 15 is 0 Å². The molecule has 4 rings (SSSR count). The van der Waals surface area contributed by atoms with E-state index in [0.717, 1.165) is 12.8 Å². The highest BCUT2D eigenvalue weighted by atomic mass is 16.6. The van der Waals surface area contributed by atoms with Crippen LogP contribution >= 0.6 is 0 Å². The molecule has 2 aliphatic heterocycles. The SMILES string of the molecule is CCOC[C@H](C)NC(=O)[C@H]1C[C@@H](C(=O)N(c2ccc3c(c2)N(CCCOC)C(=O)C(C)(C)O3)C2CC2)CN(C(=O)OC(C)(C)C)C1. The summed E-state index contributed by atoms with van der Waals surface area (Å²) in [7, 11) is 1.63. The van der Waals surface area contributed by atoms with Crippen molar-refractivity contribution in [2.75, 3.05) is 56.4 Å². The molecule has 0 radical (unpaired) electrons. The fourth-order valence-corrected chi connectivity index (χ4v) is 5.98. The molecule has 1 aromatic rings. The smallest absolute Gasteiger partial charge is 0.410 e. The molecule has 3 atom stereocenters. The minimum Gasteiger partial charge on any atom is -0.476 e. The number of amides is 4. The summed E-state index contributed by atoms with van der Waals surface area (Å²) >= 11 is 0. The molecule has 0 spiro atoms. The lowest BCUT2D eigenvalue weighted by Gasteiger charge is -2.40. The normalized spacial score (nSPS) is 21.6. The van der Waals surface area contributed by atoms with E-state index in [-0.39, 0.29) is 42.9 Å². The van der Waals surface area contributed by atoms with Crippen LogP contribution in [0.3, 0.4) is 0 Å². The molecule has 1 saturated carbocycles. The molecule has 256 valence electrons. The average molecular weight is 645 g/mol. The van der Waals surface area contributed by atoms with Crippen molar-refractivity contribution < 1.29 is 38.1 Å². The first-order valence-electron chi connectivity index (χ1n) is 16.5. The summed E-state index contributed by atoms with van der Waals surface area (Å²) in [6.45, 7) is 14.8. The molecule has 4 amide bonds. The summed E-state index contributed by atoms with van der Waals surface area (Å²) in [4.78, 5) is 59.6. The minimum atomic E-state index is -1.03. The third-order valence-corrected chi connectivity index (χ3v) is 8.30. The largest absolute Gasteiger partial charge is 0.476 e. The fourth-order valence-electron chi connectivity index (χ4n) is 5.98. The molecule has 2 fully saturated rings. The van der Waals surface area contributed by atoms with Crippen molar-refractivity contribution in [3.8, 4) is 5.75 Å². The Morgan fingerprint density at radius 2 is 1.85 bits per heavy atom. The lowest BCUT2D eigenvalue weighted by molar-refractivity contribution is -0.133. The first-order valence-corrected chi connectivity index (χ1v) is 16.5. The van der Waals surface area contributed by atoms with Crippen molar-refractivity contribution in [1.82, 2.24) is 10.2 Å². The topological polar surface area (TPSA) is 127 Å². The van der Waals surface area contributed by atoms with Gasteiger partial charge in [0, 0.05) is 57.7 Å². The zero-order valence-corrected chi connectivity index (χ0v) is 28.7. The molecule has 3 aliphatic rings. The zero-order valence-electron chi connectivity index (χ0n) is 28.7. The average Bonchev–Trinajstić information content (AvgIpc) is 3.82. The number of carbonyl (C=O) groups excluding carboxylic acids is 4. The molecule has 46 heavy (non-hydrogen) atoms. The molecule has 12 heteroatoms. The van der Waals surface area contributed by atoms with Crippen molar-refractivity contribution in [2.45, 2.75) is 97.4 Å². The van der Waals surface area contributed by atoms with Crippen LogP contribution in [0.25, 0.3) is 0 Å². The Hall–Kier alpha value is -3.38. The van der Waals surface area contributed by atoms with E-state index in [4.69, 9.17) is 18.9 Å². The maximum Gasteiger partial charge on any atom is 0.410 e. The number of likely N-dealkylation sites (tertiary alicyclic amines) is 1. The van der Waals surface area contributed by atoms with Crippen molar-refractivity contribution in [3.63, 3.8) is 0 Å². The number of hydrogen-bond donors (Lipinski definition) is 1. The predicted octanol–water partition coefficient (Wildman–Crippen LogP) is 4.14. The summed E-state index contributed by atoms with van der Waals surface area (Å²) in [5, 5.41) is 2.99. The number of ether oxygens (including phenoxy) is 4. The van der Waals surface area contributed by atoms with Crippen molar-refractivity contribution in [1.29, 1.82) is 0 Å². The van der Waals surface area contributed by atoms with Gasteiger partial charge >= 0.3 is 6.09 Å². The maximum atomic E-state index is 14.5. The van der Waals surface area contributed by atoms with Crippen LogP contribution in [-0.4, -0.2) is 98.6 Å². The van der Waals surface area contributed by atoms with E-state index in [1.165, 1.54) is 4.90 Å². The predicted molar refractivity (Wildman–Crippen MR) is 174 cm³/mol. The first-order chi connectivity index (χ1) is 21.6. The second kappa shape index (κ2) is 14.6. The van der Waals surface area contributed by atoms with Gasteiger partial charge < -0.3 is 39.0 Å². The molecule has 12 nitrogen and oxygen atoms in total. The van der Waals surface area contributed by atoms with Gasteiger partial charge in [-0.3, -0.25) is 14.4 Å². The second-order valence-electron chi connectivity index (χ2n) is 14.1. The standard InChI is InChI=1S/C34H52N4O8/c1-9-44-21-22(2)35-29(39)23-17-24(20-36(19-23)32(42)46-33(3,4)5)30(40)38(25-11-12-25)26-13-14-28-27(18-26)37(15-10-16-43-8)31(41)34(6,7)45-28/h13-14,18,22-25H,9-12,15-17,19-21H2,1-8H3,(H,35,39)/t22-,23-,24+/m0/s1. The number of nitrogens with zero attached hydrogens (tertiary/aromatic N) is 3. The van der Waals surface area contributed by atoms with Crippen LogP contribution in [0.1, 0.15) is 74.1 Å². The number of hydrogen-bond acceptors (Lipinski definition) is 8. The number of rotatable bonds is 12. The van der Waals surface area contributed by atoms with Gasteiger partial charge in [0.1, 0.15) is 11.4 Å². The number of methoxy groups -OCH3 is 1. The van der Waals surface area contributed by atoms with E-state index in [2.05, 4.69) is 5.32 Å². The van der Waals surface area contributed by atoms with Crippen LogP contribution < -0.4 is 19.9 Å². The molecule has 1 N–H and O–H groups in total. The summed E-state index contributed by atoms with van der Waals surface area (Å²) in [6.07, 6.45) is 2.05. The summed E-state index contributed by atoms with van der Waals surface area (Å²) in [5.41, 5.74) is -0.503. The number of fused-ring (bicyclic) bond motifs is 1. The van der Waals surface area contributed by atoms with E-state index in [9.17, 15) is 19.2 Å². The van der Waals surface area contributed by atoms with E-state index in [1.54, 1.807) is 51.5 Å². The van der Waals surface area contributed by atoms with Gasteiger partial charge in [0.2, 0.25) is 11.8 Å². The van der Waals surface area contributed by atoms with Gasteiger partial charge in [-0.25, -0.2) is 4.79 Å². The highest BCUT2D eigenvalue weighted by molar-refractivity contribution is 6.04. The lowest BCUT2D eigenvalue weighted by Crippen LogP contribution is -2.54. The molecular formula is C34H52N4O8. The second-order valence-corrected chi connectivity index (χ2v) is 14.1. The van der Waals surface area contributed by atoms with Gasteiger partial charge in [-0.05, 0) is 92.3 Å². The first kappa shape index (κ1) is 35.5. The molecule has 1 saturated heterocycles. The van der Waals surface area contributed by atoms with Crippen molar-refractivity contribution in [2.24, 2.45) is 11.8 Å². The number of piperidine rings is 1. The van der Waals surface area contributed by atoms with Gasteiger partial charge in [0.15, 0.2) is 5.60 Å². The number of benzene rings is 1. The molecule has 0 bridgehead atoms. The fraction of sp³-hybridized carbons (Fsp3) is 0.706. The van der Waals surface area contributed by atoms with E-state index < -0.39 is 29.1 Å². The van der Waals surface area contributed by atoms with Gasteiger partial charge in [-0.1, -0.05) is 0 Å². The molecule has 0 aromatic heterocycles. The van der Waals surface area contributed by atoms with Gasteiger partial charge in [0.05, 0.1) is 24.1 Å². The van der Waals surface area contributed by atoms with Crippen molar-refractivity contribution in [3.05, 3.63) is 18.2 Å². The third kappa shape index (κ3) is 8.70. The molecule has 1 aliphatic carbocycles. The summed E-state index contributed by atoms with van der Waals surface area (Å²) < 4.78 is 22.5. The van der Waals surface area contributed by atoms with Crippen LogP contribution in [0.15, 0.2) is 18.2 Å². The molecule has 0 unspecified atom stereocenters. The molecule has 2 heterocycles. The molecular weight excluding hydrogens is 592 g/mol. The minimum absolute atomic E-state index is 0.0143. The van der Waals surface area contributed by atoms with E-state index in [1.807, 2.05) is 32.0 Å². The number of carbonyl (C=O) groups is 4. The van der Waals surface area contributed by atoms with Crippen LogP contribution in [0.4, 0.5) is 16.2 Å². The highest BCUT2D eigenvalue weighted by Crippen LogP contribution is 2.43. The Morgan fingerprint density at radius 1 is 1.15 bits per heavy atom. The number of nitrogens with one attached hydrogen (secondary N) is 1. The Kier molecular flexibility index (Phi) is 11.2. The monoisotopic (exact) mass is 644 g/mol. The quantitative estimate of drug-likeness (QED) is 0.337. The number of anilines is 2. The Balaban J connectivity index is 1.63. The summed E-state index contributed by atoms with van der Waals surface area (Å²) in [5.74, 6) is -1.22. The molecule has 1 aromatic carbocycles. The van der Waals surface area contributed by atoms with Crippen LogP contribution in [0.2, 0.25) is 0 Å². The summed E-state index contributed by atoms with van der Waals surface area (Å²) in [6, 6.07) is 5.27. The van der Waals surface area contributed by atoms with Crippen molar-refractivity contribution >= 4 is 35.2 Å². The van der Waals surface area contributed by atoms with E-state index in [0.29, 0.717) is 56.3 Å². The van der Waals surface area contributed by atoms with Gasteiger partial charge in [0.25, 0.3) is 5.91 Å². The van der Waals surface area contributed by atoms with Crippen LogP contribution in [0.5, 0.6) is 5.75 Å². The van der Waals surface area contributed by atoms with Crippen LogP contribution in [-0.2, 0) is 28.6 Å². The van der Waals surface area contributed by atoms with Gasteiger partial charge in [-0.2, -0.15) is 0 Å². The highest BCUT2D eigenvalue weighted by Gasteiger charge is 2.45. The Morgan fingerprint density at radius 3 is 2.48 bits per heavy atom. The lowest BCUT2D eigenvalue weighted by atomic mass is 9.87. The zero-order chi connectivity index (χ0) is 33.8. The Bertz CT molecular complexity index is 1270. The maximum absolute atomic E-state index is 14.5. The third-order valence-electron chi connectivity index (χ3n) is 8.30.